The maximum Gasteiger partial charge on any atom is 0.308 e. The molecule has 6 heteroatoms. The highest BCUT2D eigenvalue weighted by Gasteiger charge is 2.17. The van der Waals surface area contributed by atoms with Crippen LogP contribution in [0.15, 0.2) is 24.3 Å². The van der Waals surface area contributed by atoms with Crippen molar-refractivity contribution < 1.29 is 25.7 Å². The summed E-state index contributed by atoms with van der Waals surface area (Å²) in [5, 5.41) is 11.3. The maximum atomic E-state index is 11.9. The van der Waals surface area contributed by atoms with E-state index in [9.17, 15) is 19.2 Å². The highest BCUT2D eigenvalue weighted by molar-refractivity contribution is 5.94. The van der Waals surface area contributed by atoms with Gasteiger partial charge in [-0.15, -0.1) is 0 Å². The summed E-state index contributed by atoms with van der Waals surface area (Å²) in [7, 11) is 0. The zero-order chi connectivity index (χ0) is 17.6. The van der Waals surface area contributed by atoms with Crippen molar-refractivity contribution in [2.24, 2.45) is 5.92 Å². The molecule has 118 valence electrons. The molecule has 0 heterocycles. The molecule has 2 unspecified atom stereocenters. The number of carboxylic acid groups (broad SMARTS) is 1. The number of ketones is 1. The molecule has 0 saturated carbocycles. The molecule has 0 saturated heterocycles. The minimum atomic E-state index is -0.995. The van der Waals surface area contributed by atoms with Crippen LogP contribution in [0.3, 0.4) is 0 Å². The highest BCUT2D eigenvalue weighted by atomic mass is 16.4. The summed E-state index contributed by atoms with van der Waals surface area (Å²) >= 11 is 0. The summed E-state index contributed by atoms with van der Waals surface area (Å²) in [6.45, 7) is 2.85. The molecule has 0 radical (unpaired) electrons. The van der Waals surface area contributed by atoms with E-state index in [2.05, 4.69) is 5.32 Å². The highest BCUT2D eigenvalue weighted by Crippen LogP contribution is 2.20. The zero-order valence-corrected chi connectivity index (χ0v) is 12.5. The van der Waals surface area contributed by atoms with E-state index in [4.69, 9.17) is 6.48 Å². The lowest BCUT2D eigenvalue weighted by Crippen LogP contribution is -2.31. The number of benzene rings is 1. The van der Waals surface area contributed by atoms with Crippen molar-refractivity contribution in [3.05, 3.63) is 35.4 Å². The second-order valence-corrected chi connectivity index (χ2v) is 5.08. The van der Waals surface area contributed by atoms with Gasteiger partial charge in [-0.2, -0.15) is 0 Å². The Labute approximate surface area is 129 Å². The quantitative estimate of drug-likeness (QED) is 0.707. The Bertz CT molecular complexity index is 611. The van der Waals surface area contributed by atoms with Gasteiger partial charge in [0.15, 0.2) is 0 Å². The third-order valence-electron chi connectivity index (χ3n) is 3.34. The van der Waals surface area contributed by atoms with Crippen molar-refractivity contribution in [2.75, 3.05) is 6.54 Å². The van der Waals surface area contributed by atoms with Crippen LogP contribution in [-0.4, -0.2) is 35.6 Å². The van der Waals surface area contributed by atoms with Gasteiger partial charge in [0.2, 0.25) is 0 Å². The fourth-order valence-corrected chi connectivity index (χ4v) is 1.88. The lowest BCUT2D eigenvalue weighted by Gasteiger charge is -2.12. The molecule has 0 aliphatic carbocycles. The van der Waals surface area contributed by atoms with Gasteiger partial charge >= 0.3 is 5.97 Å². The molecule has 22 heavy (non-hydrogen) atoms. The Balaban J connectivity index is 2.78. The standard InChI is InChI=1S/C16H19NO5/c1-10(16(21)22)9-17-15(20)13-5-3-12(4-6-13)14(7-8-18)11(2)19/h3-6,8,10,14H,7,9H2,1-2H3,(H,17,20)(H,21,22)/i8D. The van der Waals surface area contributed by atoms with Gasteiger partial charge in [0.1, 0.15) is 13.4 Å². The van der Waals surface area contributed by atoms with Crippen LogP contribution < -0.4 is 5.32 Å². The molecule has 2 atom stereocenters. The van der Waals surface area contributed by atoms with Gasteiger partial charge in [-0.05, 0) is 24.6 Å². The Kier molecular flexibility index (Phi) is 5.82. The summed E-state index contributed by atoms with van der Waals surface area (Å²) in [5.41, 5.74) is 0.888. The van der Waals surface area contributed by atoms with Gasteiger partial charge < -0.3 is 15.2 Å². The minimum Gasteiger partial charge on any atom is -0.481 e. The topological polar surface area (TPSA) is 101 Å². The number of aliphatic carboxylic acids is 1. The smallest absolute Gasteiger partial charge is 0.308 e. The van der Waals surface area contributed by atoms with Crippen molar-refractivity contribution in [2.45, 2.75) is 26.2 Å². The van der Waals surface area contributed by atoms with Gasteiger partial charge in [0.25, 0.3) is 5.91 Å². The van der Waals surface area contributed by atoms with Crippen LogP contribution in [-0.2, 0) is 14.4 Å². The van der Waals surface area contributed by atoms with Gasteiger partial charge in [0, 0.05) is 24.4 Å². The number of hydrogen-bond donors (Lipinski definition) is 2. The van der Waals surface area contributed by atoms with E-state index < -0.39 is 30.0 Å². The second-order valence-electron chi connectivity index (χ2n) is 5.08. The molecular formula is C16H19NO5. The first-order valence-electron chi connectivity index (χ1n) is 7.33. The SMILES string of the molecule is [2H]C(=O)CC(C(C)=O)c1ccc(C(=O)NCC(C)C(=O)O)cc1. The van der Waals surface area contributed by atoms with E-state index in [0.29, 0.717) is 11.1 Å². The van der Waals surface area contributed by atoms with Crippen molar-refractivity contribution >= 4 is 23.9 Å². The van der Waals surface area contributed by atoms with Crippen LogP contribution in [0.2, 0.25) is 0 Å². The summed E-state index contributed by atoms with van der Waals surface area (Å²) in [5.74, 6) is -3.02. The van der Waals surface area contributed by atoms with E-state index in [1.54, 1.807) is 12.1 Å². The van der Waals surface area contributed by atoms with Crippen molar-refractivity contribution in [1.29, 1.82) is 0 Å². The molecule has 0 spiro atoms. The Hall–Kier alpha value is -2.50. The van der Waals surface area contributed by atoms with Crippen LogP contribution in [0.4, 0.5) is 0 Å². The minimum absolute atomic E-state index is 0.0132. The average Bonchev–Trinajstić information content (AvgIpc) is 2.49. The van der Waals surface area contributed by atoms with E-state index in [1.165, 1.54) is 26.0 Å². The molecular weight excluding hydrogens is 286 g/mol. The molecule has 1 rings (SSSR count). The summed E-state index contributed by atoms with van der Waals surface area (Å²) in [6.07, 6.45) is -1.02. The number of amides is 1. The lowest BCUT2D eigenvalue weighted by molar-refractivity contribution is -0.140. The van der Waals surface area contributed by atoms with Crippen LogP contribution in [0.5, 0.6) is 0 Å². The van der Waals surface area contributed by atoms with E-state index in [1.807, 2.05) is 0 Å². The number of carbonyl (C=O) groups is 4. The van der Waals surface area contributed by atoms with Crippen molar-refractivity contribution in [1.82, 2.24) is 5.32 Å². The van der Waals surface area contributed by atoms with Gasteiger partial charge in [0.05, 0.1) is 5.92 Å². The Morgan fingerprint density at radius 1 is 1.32 bits per heavy atom. The first-order chi connectivity index (χ1) is 10.7. The zero-order valence-electron chi connectivity index (χ0n) is 13.5. The van der Waals surface area contributed by atoms with E-state index >= 15 is 0 Å². The van der Waals surface area contributed by atoms with Crippen LogP contribution in [0, 0.1) is 5.92 Å². The molecule has 0 aliphatic heterocycles. The van der Waals surface area contributed by atoms with E-state index in [-0.39, 0.29) is 18.7 Å². The maximum absolute atomic E-state index is 11.9. The monoisotopic (exact) mass is 306 g/mol. The van der Waals surface area contributed by atoms with Gasteiger partial charge in [-0.25, -0.2) is 0 Å². The lowest BCUT2D eigenvalue weighted by atomic mass is 9.92. The van der Waals surface area contributed by atoms with Crippen LogP contribution >= 0.6 is 0 Å². The second kappa shape index (κ2) is 8.07. The number of aldehydes is 1. The van der Waals surface area contributed by atoms with Gasteiger partial charge in [-0.1, -0.05) is 19.1 Å². The largest absolute Gasteiger partial charge is 0.481 e. The molecule has 2 N–H and O–H groups in total. The molecule has 1 amide bonds. The third-order valence-corrected chi connectivity index (χ3v) is 3.34. The molecule has 1 aromatic carbocycles. The Morgan fingerprint density at radius 3 is 2.36 bits per heavy atom. The van der Waals surface area contributed by atoms with E-state index in [0.717, 1.165) is 0 Å². The molecule has 6 nitrogen and oxygen atoms in total. The molecule has 0 aromatic heterocycles. The average molecular weight is 306 g/mol. The number of carboxylic acids is 1. The summed E-state index contributed by atoms with van der Waals surface area (Å²) in [6, 6.07) is 6.12. The first-order valence-corrected chi connectivity index (χ1v) is 6.83. The number of hydrogen-bond acceptors (Lipinski definition) is 4. The number of Topliss-reactive ketones (excluding diaryl/α,β-unsaturated/α-hetero) is 1. The third kappa shape index (κ3) is 4.80. The van der Waals surface area contributed by atoms with Crippen molar-refractivity contribution in [3.8, 4) is 0 Å². The molecule has 0 bridgehead atoms. The number of carbonyl (C=O) groups excluding carboxylic acids is 3. The number of nitrogens with one attached hydrogen (secondary N) is 1. The normalized spacial score (nSPS) is 13.6. The fourth-order valence-electron chi connectivity index (χ4n) is 1.88. The fraction of sp³-hybridized carbons (Fsp3) is 0.375. The molecule has 0 fully saturated rings. The predicted octanol–water partition coefficient (Wildman–Crippen LogP) is 1.40. The molecule has 1 aromatic rings. The first kappa shape index (κ1) is 15.9. The van der Waals surface area contributed by atoms with Gasteiger partial charge in [-0.3, -0.25) is 14.4 Å². The van der Waals surface area contributed by atoms with Crippen LogP contribution in [0.1, 0.15) is 43.5 Å². The predicted molar refractivity (Wildman–Crippen MR) is 79.7 cm³/mol. The summed E-state index contributed by atoms with van der Waals surface area (Å²) in [4.78, 5) is 45.1. The number of rotatable bonds is 8. The molecule has 0 aliphatic rings. The van der Waals surface area contributed by atoms with Crippen molar-refractivity contribution in [3.63, 3.8) is 0 Å². The van der Waals surface area contributed by atoms with Crippen LogP contribution in [0.25, 0.3) is 0 Å². The Morgan fingerprint density at radius 2 is 1.91 bits per heavy atom. The summed E-state index contributed by atoms with van der Waals surface area (Å²) < 4.78 is 6.99.